The molecule has 0 aliphatic carbocycles. The molecule has 0 saturated carbocycles. The molecule has 0 aliphatic heterocycles. The molecule has 1 aromatic carbocycles. The van der Waals surface area contributed by atoms with Gasteiger partial charge in [-0.3, -0.25) is 0 Å². The monoisotopic (exact) mass is 275 g/mol. The second kappa shape index (κ2) is 6.43. The fourth-order valence-corrected chi connectivity index (χ4v) is 2.92. The molecule has 1 aromatic heterocycles. The first-order valence-corrected chi connectivity index (χ1v) is 7.54. The van der Waals surface area contributed by atoms with E-state index in [4.69, 9.17) is 0 Å². The Morgan fingerprint density at radius 2 is 2.39 bits per heavy atom. The van der Waals surface area contributed by atoms with Crippen molar-refractivity contribution in [3.05, 3.63) is 40.3 Å². The summed E-state index contributed by atoms with van der Waals surface area (Å²) >= 11 is 3.26. The van der Waals surface area contributed by atoms with E-state index in [1.54, 1.807) is 23.1 Å². The minimum absolute atomic E-state index is 0.651. The number of benzene rings is 1. The quantitative estimate of drug-likeness (QED) is 0.844. The second-order valence-electron chi connectivity index (χ2n) is 3.56. The van der Waals surface area contributed by atoms with Gasteiger partial charge in [-0.2, -0.15) is 5.26 Å². The molecule has 0 amide bonds. The van der Waals surface area contributed by atoms with Crippen LogP contribution >= 0.6 is 23.1 Å². The zero-order chi connectivity index (χ0) is 12.8. The standard InChI is InChI=1S/C13H13N3S2/c1-2-18-13-5-3-4-12(11(13)6-14)15-7-10-8-17-9-16-10/h3-5,8-9,15H,2,7H2,1H3. The van der Waals surface area contributed by atoms with Gasteiger partial charge in [0, 0.05) is 10.3 Å². The third-order valence-corrected chi connectivity index (χ3v) is 3.96. The van der Waals surface area contributed by atoms with Gasteiger partial charge in [0.15, 0.2) is 0 Å². The van der Waals surface area contributed by atoms with Gasteiger partial charge in [0.05, 0.1) is 29.0 Å². The number of thioether (sulfide) groups is 1. The Hall–Kier alpha value is -1.51. The molecule has 0 aliphatic rings. The van der Waals surface area contributed by atoms with Crippen molar-refractivity contribution in [1.82, 2.24) is 4.98 Å². The Kier molecular flexibility index (Phi) is 4.62. The highest BCUT2D eigenvalue weighted by molar-refractivity contribution is 7.99. The van der Waals surface area contributed by atoms with Crippen LogP contribution in [0.4, 0.5) is 5.69 Å². The van der Waals surface area contributed by atoms with E-state index < -0.39 is 0 Å². The van der Waals surface area contributed by atoms with Crippen LogP contribution in [0.25, 0.3) is 0 Å². The average Bonchev–Trinajstić information content (AvgIpc) is 2.90. The molecule has 0 fully saturated rings. The van der Waals surface area contributed by atoms with Gasteiger partial charge in [-0.15, -0.1) is 23.1 Å². The van der Waals surface area contributed by atoms with Gasteiger partial charge in [-0.25, -0.2) is 4.98 Å². The Labute approximate surface area is 115 Å². The number of anilines is 1. The third kappa shape index (κ3) is 3.03. The predicted molar refractivity (Wildman–Crippen MR) is 77.0 cm³/mol. The van der Waals surface area contributed by atoms with Crippen LogP contribution in [0.1, 0.15) is 18.2 Å². The summed E-state index contributed by atoms with van der Waals surface area (Å²) in [6, 6.07) is 8.17. The van der Waals surface area contributed by atoms with E-state index >= 15 is 0 Å². The zero-order valence-corrected chi connectivity index (χ0v) is 11.6. The SMILES string of the molecule is CCSc1cccc(NCc2cscn2)c1C#N. The van der Waals surface area contributed by atoms with Crippen molar-refractivity contribution in [2.45, 2.75) is 18.4 Å². The van der Waals surface area contributed by atoms with Crippen LogP contribution in [-0.4, -0.2) is 10.7 Å². The van der Waals surface area contributed by atoms with Crippen LogP contribution in [0.15, 0.2) is 34.0 Å². The van der Waals surface area contributed by atoms with Crippen LogP contribution in [0, 0.1) is 11.3 Å². The fourth-order valence-electron chi connectivity index (χ4n) is 1.58. The number of hydrogen-bond acceptors (Lipinski definition) is 5. The van der Waals surface area contributed by atoms with Crippen molar-refractivity contribution in [2.24, 2.45) is 0 Å². The van der Waals surface area contributed by atoms with Crippen molar-refractivity contribution >= 4 is 28.8 Å². The Bertz CT molecular complexity index is 544. The van der Waals surface area contributed by atoms with Gasteiger partial charge in [0.25, 0.3) is 0 Å². The molecule has 0 unspecified atom stereocenters. The van der Waals surface area contributed by atoms with Crippen molar-refractivity contribution in [3.63, 3.8) is 0 Å². The molecule has 0 bridgehead atoms. The Morgan fingerprint density at radius 3 is 3.06 bits per heavy atom. The first-order valence-electron chi connectivity index (χ1n) is 5.62. The summed E-state index contributed by atoms with van der Waals surface area (Å²) in [6.07, 6.45) is 0. The molecule has 5 heteroatoms. The molecular formula is C13H13N3S2. The molecule has 1 heterocycles. The van der Waals surface area contributed by atoms with Crippen molar-refractivity contribution in [3.8, 4) is 6.07 Å². The number of nitrogens with zero attached hydrogens (tertiary/aromatic N) is 2. The van der Waals surface area contributed by atoms with Crippen LogP contribution in [0.5, 0.6) is 0 Å². The molecule has 2 rings (SSSR count). The summed E-state index contributed by atoms with van der Waals surface area (Å²) < 4.78 is 0. The number of nitriles is 1. The molecule has 0 spiro atoms. The highest BCUT2D eigenvalue weighted by Crippen LogP contribution is 2.28. The van der Waals surface area contributed by atoms with E-state index in [1.165, 1.54) is 0 Å². The third-order valence-electron chi connectivity index (χ3n) is 2.38. The Morgan fingerprint density at radius 1 is 1.50 bits per heavy atom. The second-order valence-corrected chi connectivity index (χ2v) is 5.58. The van der Waals surface area contributed by atoms with Gasteiger partial charge in [-0.1, -0.05) is 13.0 Å². The van der Waals surface area contributed by atoms with E-state index in [9.17, 15) is 5.26 Å². The lowest BCUT2D eigenvalue weighted by Crippen LogP contribution is -2.02. The number of rotatable bonds is 5. The minimum Gasteiger partial charge on any atom is -0.378 e. The van der Waals surface area contributed by atoms with Gasteiger partial charge in [0.1, 0.15) is 6.07 Å². The molecule has 18 heavy (non-hydrogen) atoms. The van der Waals surface area contributed by atoms with E-state index in [-0.39, 0.29) is 0 Å². The normalized spacial score (nSPS) is 10.0. The van der Waals surface area contributed by atoms with Gasteiger partial charge in [-0.05, 0) is 17.9 Å². The number of aromatic nitrogens is 1. The van der Waals surface area contributed by atoms with Gasteiger partial charge < -0.3 is 5.32 Å². The highest BCUT2D eigenvalue weighted by Gasteiger charge is 2.07. The van der Waals surface area contributed by atoms with E-state index in [0.29, 0.717) is 6.54 Å². The van der Waals surface area contributed by atoms with Crippen LogP contribution in [-0.2, 0) is 6.54 Å². The van der Waals surface area contributed by atoms with Crippen molar-refractivity contribution in [1.29, 1.82) is 5.26 Å². The van der Waals surface area contributed by atoms with E-state index in [0.717, 1.165) is 27.6 Å². The van der Waals surface area contributed by atoms with Crippen LogP contribution in [0.3, 0.4) is 0 Å². The summed E-state index contributed by atoms with van der Waals surface area (Å²) in [4.78, 5) is 5.24. The van der Waals surface area contributed by atoms with E-state index in [2.05, 4.69) is 23.3 Å². The lowest BCUT2D eigenvalue weighted by atomic mass is 10.2. The first-order chi connectivity index (χ1) is 8.85. The molecule has 0 radical (unpaired) electrons. The summed E-state index contributed by atoms with van der Waals surface area (Å²) in [7, 11) is 0. The van der Waals surface area contributed by atoms with E-state index in [1.807, 2.05) is 29.1 Å². The minimum atomic E-state index is 0.651. The summed E-state index contributed by atoms with van der Waals surface area (Å²) in [5.74, 6) is 0.963. The molecular weight excluding hydrogens is 262 g/mol. The first kappa shape index (κ1) is 12.9. The molecule has 1 N–H and O–H groups in total. The lowest BCUT2D eigenvalue weighted by molar-refractivity contribution is 1.07. The van der Waals surface area contributed by atoms with Crippen LogP contribution < -0.4 is 5.32 Å². The fraction of sp³-hybridized carbons (Fsp3) is 0.231. The Balaban J connectivity index is 2.17. The van der Waals surface area contributed by atoms with Crippen molar-refractivity contribution in [2.75, 3.05) is 11.1 Å². The molecule has 2 aromatic rings. The average molecular weight is 275 g/mol. The van der Waals surface area contributed by atoms with Gasteiger partial charge in [0.2, 0.25) is 0 Å². The number of thiazole rings is 1. The number of hydrogen-bond donors (Lipinski definition) is 1. The maximum absolute atomic E-state index is 9.27. The lowest BCUT2D eigenvalue weighted by Gasteiger charge is -2.09. The molecule has 3 nitrogen and oxygen atoms in total. The van der Waals surface area contributed by atoms with Crippen LogP contribution in [0.2, 0.25) is 0 Å². The highest BCUT2D eigenvalue weighted by atomic mass is 32.2. The largest absolute Gasteiger partial charge is 0.378 e. The molecule has 0 saturated heterocycles. The molecule has 92 valence electrons. The zero-order valence-electron chi connectivity index (χ0n) is 10.0. The summed E-state index contributed by atoms with van der Waals surface area (Å²) in [5, 5.41) is 14.5. The predicted octanol–water partition coefficient (Wildman–Crippen LogP) is 3.74. The summed E-state index contributed by atoms with van der Waals surface area (Å²) in [6.45, 7) is 2.74. The molecule has 0 atom stereocenters. The maximum atomic E-state index is 9.27. The topological polar surface area (TPSA) is 48.7 Å². The summed E-state index contributed by atoms with van der Waals surface area (Å²) in [5.41, 5.74) is 4.41. The number of nitrogens with one attached hydrogen (secondary N) is 1. The smallest absolute Gasteiger partial charge is 0.102 e. The maximum Gasteiger partial charge on any atom is 0.102 e. The van der Waals surface area contributed by atoms with Gasteiger partial charge >= 0.3 is 0 Å². The van der Waals surface area contributed by atoms with Crippen molar-refractivity contribution < 1.29 is 0 Å².